The van der Waals surface area contributed by atoms with Gasteiger partial charge in [0, 0.05) is 5.02 Å². The fourth-order valence-corrected chi connectivity index (χ4v) is 2.49. The number of nitrogens with one attached hydrogen (secondary N) is 1. The van der Waals surface area contributed by atoms with Gasteiger partial charge in [-0.3, -0.25) is 4.79 Å². The zero-order valence-electron chi connectivity index (χ0n) is 13.5. The lowest BCUT2D eigenvalue weighted by Crippen LogP contribution is -2.13. The van der Waals surface area contributed by atoms with Gasteiger partial charge in [-0.1, -0.05) is 41.9 Å². The summed E-state index contributed by atoms with van der Waals surface area (Å²) in [5.41, 5.74) is 0.905. The number of anilines is 1. The zero-order chi connectivity index (χ0) is 17.6. The Morgan fingerprint density at radius 2 is 1.64 bits per heavy atom. The zero-order valence-corrected chi connectivity index (χ0v) is 14.3. The number of carbonyl (C=O) groups is 1. The van der Waals surface area contributed by atoms with Gasteiger partial charge in [-0.05, 0) is 42.5 Å². The number of carbonyl (C=O) groups excluding carboxylic acids is 1. The first-order valence-electron chi connectivity index (χ1n) is 7.64. The van der Waals surface area contributed by atoms with Crippen LogP contribution in [0.1, 0.15) is 10.4 Å². The number of hydrogen-bond acceptors (Lipinski definition) is 3. The first kappa shape index (κ1) is 16.9. The molecule has 126 valence electrons. The van der Waals surface area contributed by atoms with Crippen molar-refractivity contribution in [3.05, 3.63) is 83.4 Å². The van der Waals surface area contributed by atoms with E-state index in [1.165, 1.54) is 7.11 Å². The van der Waals surface area contributed by atoms with E-state index in [1.54, 1.807) is 30.3 Å². The van der Waals surface area contributed by atoms with Crippen LogP contribution in [0.15, 0.2) is 72.8 Å². The molecule has 0 radical (unpaired) electrons. The van der Waals surface area contributed by atoms with Crippen LogP contribution in [0.3, 0.4) is 0 Å². The first-order valence-corrected chi connectivity index (χ1v) is 8.02. The summed E-state index contributed by atoms with van der Waals surface area (Å²) in [5, 5.41) is 3.30. The number of para-hydroxylation sites is 3. The summed E-state index contributed by atoms with van der Waals surface area (Å²) >= 11 is 6.00. The molecule has 3 rings (SSSR count). The lowest BCUT2D eigenvalue weighted by molar-refractivity contribution is 0.102. The normalized spacial score (nSPS) is 10.2. The maximum atomic E-state index is 12.6. The van der Waals surface area contributed by atoms with Crippen LogP contribution >= 0.6 is 11.6 Å². The first-order chi connectivity index (χ1) is 12.2. The van der Waals surface area contributed by atoms with E-state index in [-0.39, 0.29) is 5.91 Å². The highest BCUT2D eigenvalue weighted by Gasteiger charge is 2.15. The molecule has 0 spiro atoms. The Morgan fingerprint density at radius 3 is 2.40 bits per heavy atom. The summed E-state index contributed by atoms with van der Waals surface area (Å²) in [6.07, 6.45) is 0. The lowest BCUT2D eigenvalue weighted by atomic mass is 10.1. The predicted octanol–water partition coefficient (Wildman–Crippen LogP) is 5.39. The van der Waals surface area contributed by atoms with Crippen molar-refractivity contribution in [1.29, 1.82) is 0 Å². The van der Waals surface area contributed by atoms with Gasteiger partial charge in [0.05, 0.1) is 18.4 Å². The molecule has 25 heavy (non-hydrogen) atoms. The van der Waals surface area contributed by atoms with E-state index in [9.17, 15) is 4.79 Å². The molecule has 0 aliphatic rings. The predicted molar refractivity (Wildman–Crippen MR) is 98.9 cm³/mol. The van der Waals surface area contributed by atoms with Crippen molar-refractivity contribution in [1.82, 2.24) is 0 Å². The minimum Gasteiger partial charge on any atom is -0.496 e. The smallest absolute Gasteiger partial charge is 0.259 e. The van der Waals surface area contributed by atoms with Crippen LogP contribution in [0, 0.1) is 0 Å². The number of rotatable bonds is 5. The number of methoxy groups -OCH3 is 1. The molecule has 1 N–H and O–H groups in total. The number of benzene rings is 3. The molecule has 0 aromatic heterocycles. The Labute approximate surface area is 151 Å². The van der Waals surface area contributed by atoms with Gasteiger partial charge in [0.2, 0.25) is 0 Å². The third-order valence-electron chi connectivity index (χ3n) is 3.51. The Morgan fingerprint density at radius 1 is 0.920 bits per heavy atom. The van der Waals surface area contributed by atoms with Crippen molar-refractivity contribution < 1.29 is 14.3 Å². The van der Waals surface area contributed by atoms with Crippen molar-refractivity contribution in [2.24, 2.45) is 0 Å². The largest absolute Gasteiger partial charge is 0.496 e. The Balaban J connectivity index is 1.86. The average molecular weight is 354 g/mol. The molecular weight excluding hydrogens is 338 g/mol. The Bertz CT molecular complexity index is 881. The van der Waals surface area contributed by atoms with Crippen LogP contribution in [0.25, 0.3) is 0 Å². The van der Waals surface area contributed by atoms with Crippen molar-refractivity contribution in [2.75, 3.05) is 12.4 Å². The van der Waals surface area contributed by atoms with Crippen LogP contribution in [-0.2, 0) is 0 Å². The molecule has 0 heterocycles. The molecule has 1 amide bonds. The molecule has 0 atom stereocenters. The van der Waals surface area contributed by atoms with Crippen LogP contribution in [-0.4, -0.2) is 13.0 Å². The molecule has 0 aliphatic heterocycles. The van der Waals surface area contributed by atoms with Gasteiger partial charge in [0.1, 0.15) is 11.5 Å². The van der Waals surface area contributed by atoms with Crippen molar-refractivity contribution in [3.63, 3.8) is 0 Å². The van der Waals surface area contributed by atoms with Crippen molar-refractivity contribution >= 4 is 23.2 Å². The second kappa shape index (κ2) is 7.73. The molecule has 0 fully saturated rings. The highest BCUT2D eigenvalue weighted by atomic mass is 35.5. The van der Waals surface area contributed by atoms with E-state index in [1.807, 2.05) is 42.5 Å². The molecular formula is C20H16ClNO3. The van der Waals surface area contributed by atoms with Gasteiger partial charge in [-0.25, -0.2) is 0 Å². The van der Waals surface area contributed by atoms with E-state index in [0.717, 1.165) is 0 Å². The minimum absolute atomic E-state index is 0.330. The molecule has 3 aromatic rings. The van der Waals surface area contributed by atoms with E-state index in [4.69, 9.17) is 21.1 Å². The molecule has 5 heteroatoms. The summed E-state index contributed by atoms with van der Waals surface area (Å²) in [7, 11) is 1.51. The van der Waals surface area contributed by atoms with Gasteiger partial charge in [-0.15, -0.1) is 0 Å². The quantitative estimate of drug-likeness (QED) is 0.668. The van der Waals surface area contributed by atoms with Gasteiger partial charge >= 0.3 is 0 Å². The number of ether oxygens (including phenoxy) is 2. The monoisotopic (exact) mass is 353 g/mol. The fraction of sp³-hybridized carbons (Fsp3) is 0.0500. The van der Waals surface area contributed by atoms with Crippen molar-refractivity contribution in [2.45, 2.75) is 0 Å². The summed E-state index contributed by atoms with van der Waals surface area (Å²) in [4.78, 5) is 12.6. The molecule has 0 saturated heterocycles. The van der Waals surface area contributed by atoms with Gasteiger partial charge in [-0.2, -0.15) is 0 Å². The van der Waals surface area contributed by atoms with Crippen LogP contribution in [0.5, 0.6) is 17.2 Å². The molecule has 4 nitrogen and oxygen atoms in total. The molecule has 0 unspecified atom stereocenters. The molecule has 0 bridgehead atoms. The van der Waals surface area contributed by atoms with Crippen molar-refractivity contribution in [3.8, 4) is 17.2 Å². The van der Waals surface area contributed by atoms with Gasteiger partial charge < -0.3 is 14.8 Å². The number of halogens is 1. The second-order valence-corrected chi connectivity index (χ2v) is 5.65. The average Bonchev–Trinajstić information content (AvgIpc) is 2.64. The van der Waals surface area contributed by atoms with Crippen LogP contribution < -0.4 is 14.8 Å². The highest BCUT2D eigenvalue weighted by molar-refractivity contribution is 6.31. The highest BCUT2D eigenvalue weighted by Crippen LogP contribution is 2.30. The van der Waals surface area contributed by atoms with Gasteiger partial charge in [0.15, 0.2) is 5.75 Å². The summed E-state index contributed by atoms with van der Waals surface area (Å²) in [6, 6.07) is 21.5. The summed E-state index contributed by atoms with van der Waals surface area (Å²) in [5.74, 6) is 1.35. The Hall–Kier alpha value is -2.98. The molecule has 3 aromatic carbocycles. The lowest BCUT2D eigenvalue weighted by Gasteiger charge is -2.13. The van der Waals surface area contributed by atoms with Crippen LogP contribution in [0.4, 0.5) is 5.69 Å². The summed E-state index contributed by atoms with van der Waals surface area (Å²) < 4.78 is 11.1. The topological polar surface area (TPSA) is 47.6 Å². The number of amides is 1. The third kappa shape index (κ3) is 4.11. The number of hydrogen-bond donors (Lipinski definition) is 1. The second-order valence-electron chi connectivity index (χ2n) is 5.21. The summed E-state index contributed by atoms with van der Waals surface area (Å²) in [6.45, 7) is 0. The minimum atomic E-state index is -0.330. The SMILES string of the molecule is COc1ccc(Cl)cc1C(=O)Nc1ccccc1Oc1ccccc1. The maximum absolute atomic E-state index is 12.6. The fourth-order valence-electron chi connectivity index (χ4n) is 2.32. The maximum Gasteiger partial charge on any atom is 0.259 e. The van der Waals surface area contributed by atoms with E-state index < -0.39 is 0 Å². The standard InChI is InChI=1S/C20H16ClNO3/c1-24-18-12-11-14(21)13-16(18)20(23)22-17-9-5-6-10-19(17)25-15-7-3-2-4-8-15/h2-13H,1H3,(H,22,23). The molecule has 0 saturated carbocycles. The third-order valence-corrected chi connectivity index (χ3v) is 3.75. The van der Waals surface area contributed by atoms with Crippen LogP contribution in [0.2, 0.25) is 5.02 Å². The van der Waals surface area contributed by atoms with E-state index >= 15 is 0 Å². The molecule has 0 aliphatic carbocycles. The van der Waals surface area contributed by atoms with E-state index in [2.05, 4.69) is 5.32 Å². The Kier molecular flexibility index (Phi) is 5.21. The van der Waals surface area contributed by atoms with Gasteiger partial charge in [0.25, 0.3) is 5.91 Å². The van der Waals surface area contributed by atoms with E-state index in [0.29, 0.717) is 33.5 Å².